The molecule has 0 radical (unpaired) electrons. The molecule has 0 N–H and O–H groups in total. The Labute approximate surface area is 130 Å². The maximum atomic E-state index is 11.6. The van der Waals surface area contributed by atoms with Crippen LogP contribution in [0.1, 0.15) is 10.5 Å². The predicted molar refractivity (Wildman–Crippen MR) is 87.4 cm³/mol. The zero-order chi connectivity index (χ0) is 15.1. The minimum Gasteiger partial charge on any atom is -0.464 e. The second-order valence-electron chi connectivity index (χ2n) is 4.95. The number of carbonyl (C=O) groups is 1. The second kappa shape index (κ2) is 4.96. The number of imidazole rings is 1. The third-order valence-corrected chi connectivity index (χ3v) is 4.49. The van der Waals surface area contributed by atoms with Gasteiger partial charge in [-0.15, -0.1) is 11.3 Å². The lowest BCUT2D eigenvalue weighted by Crippen LogP contribution is -2.00. The standard InChI is InChI=1S/C17H12N2O2S/c1-21-16(20)14-9-19-15(10-22-17(19)18-14)13-7-6-11-4-2-3-5-12(11)8-13/h2-10H,1H3. The molecular formula is C17H12N2O2S. The van der Waals surface area contributed by atoms with Gasteiger partial charge in [-0.1, -0.05) is 36.4 Å². The molecule has 108 valence electrons. The molecule has 4 nitrogen and oxygen atoms in total. The van der Waals surface area contributed by atoms with E-state index in [0.29, 0.717) is 5.69 Å². The van der Waals surface area contributed by atoms with Crippen molar-refractivity contribution in [3.63, 3.8) is 0 Å². The topological polar surface area (TPSA) is 43.6 Å². The summed E-state index contributed by atoms with van der Waals surface area (Å²) in [5.74, 6) is -0.416. The van der Waals surface area contributed by atoms with Gasteiger partial charge in [0.1, 0.15) is 0 Å². The number of ether oxygens (including phenoxy) is 1. The Balaban J connectivity index is 1.88. The third kappa shape index (κ3) is 1.98. The van der Waals surface area contributed by atoms with Crippen molar-refractivity contribution >= 4 is 33.0 Å². The Morgan fingerprint density at radius 1 is 1.18 bits per heavy atom. The average Bonchev–Trinajstić information content (AvgIpc) is 3.14. The molecule has 2 heterocycles. The SMILES string of the molecule is COC(=O)c1cn2c(-c3ccc4ccccc4c3)csc2n1. The maximum Gasteiger partial charge on any atom is 0.358 e. The number of carbonyl (C=O) groups excluding carboxylic acids is 1. The molecule has 0 saturated heterocycles. The third-order valence-electron chi connectivity index (χ3n) is 3.65. The number of methoxy groups -OCH3 is 1. The molecule has 5 heteroatoms. The molecule has 0 amide bonds. The zero-order valence-corrected chi connectivity index (χ0v) is 12.6. The van der Waals surface area contributed by atoms with Crippen molar-refractivity contribution in [1.82, 2.24) is 9.38 Å². The molecule has 0 aliphatic carbocycles. The lowest BCUT2D eigenvalue weighted by atomic mass is 10.1. The largest absolute Gasteiger partial charge is 0.464 e. The van der Waals surface area contributed by atoms with Crippen molar-refractivity contribution in [2.75, 3.05) is 7.11 Å². The van der Waals surface area contributed by atoms with Crippen LogP contribution in [0.4, 0.5) is 0 Å². The summed E-state index contributed by atoms with van der Waals surface area (Å²) in [5.41, 5.74) is 2.45. The summed E-state index contributed by atoms with van der Waals surface area (Å²) in [6, 6.07) is 14.6. The van der Waals surface area contributed by atoms with Crippen molar-refractivity contribution in [1.29, 1.82) is 0 Å². The van der Waals surface area contributed by atoms with Crippen molar-refractivity contribution in [2.24, 2.45) is 0 Å². The van der Waals surface area contributed by atoms with E-state index in [4.69, 9.17) is 4.74 Å². The highest BCUT2D eigenvalue weighted by Crippen LogP contribution is 2.29. The van der Waals surface area contributed by atoms with Crippen LogP contribution in [0.3, 0.4) is 0 Å². The molecule has 0 atom stereocenters. The highest BCUT2D eigenvalue weighted by Gasteiger charge is 2.15. The summed E-state index contributed by atoms with van der Waals surface area (Å²) in [7, 11) is 1.36. The molecule has 22 heavy (non-hydrogen) atoms. The first-order valence-corrected chi connectivity index (χ1v) is 7.68. The highest BCUT2D eigenvalue weighted by molar-refractivity contribution is 7.15. The Morgan fingerprint density at radius 2 is 2.00 bits per heavy atom. The van der Waals surface area contributed by atoms with Gasteiger partial charge in [0.15, 0.2) is 10.7 Å². The van der Waals surface area contributed by atoms with E-state index in [1.807, 2.05) is 21.9 Å². The molecule has 0 fully saturated rings. The second-order valence-corrected chi connectivity index (χ2v) is 5.79. The summed E-state index contributed by atoms with van der Waals surface area (Å²) in [6.45, 7) is 0. The smallest absolute Gasteiger partial charge is 0.358 e. The van der Waals surface area contributed by atoms with Gasteiger partial charge < -0.3 is 4.74 Å². The maximum absolute atomic E-state index is 11.6. The van der Waals surface area contributed by atoms with Gasteiger partial charge in [-0.2, -0.15) is 0 Å². The Morgan fingerprint density at radius 3 is 2.82 bits per heavy atom. The van der Waals surface area contributed by atoms with Gasteiger partial charge in [0, 0.05) is 17.1 Å². The Bertz CT molecular complexity index is 1000. The molecular weight excluding hydrogens is 296 g/mol. The van der Waals surface area contributed by atoms with Crippen LogP contribution in [0, 0.1) is 0 Å². The zero-order valence-electron chi connectivity index (χ0n) is 11.8. The average molecular weight is 308 g/mol. The van der Waals surface area contributed by atoms with E-state index in [1.165, 1.54) is 29.2 Å². The minimum atomic E-state index is -0.416. The lowest BCUT2D eigenvalue weighted by molar-refractivity contribution is 0.0595. The lowest BCUT2D eigenvalue weighted by Gasteiger charge is -2.03. The molecule has 4 aromatic rings. The molecule has 0 aliphatic heterocycles. The number of esters is 1. The molecule has 2 aromatic heterocycles. The Kier molecular flexibility index (Phi) is 2.94. The molecule has 0 aliphatic rings. The molecule has 4 rings (SSSR count). The summed E-state index contributed by atoms with van der Waals surface area (Å²) < 4.78 is 6.66. The number of rotatable bonds is 2. The minimum absolute atomic E-state index is 0.330. The monoisotopic (exact) mass is 308 g/mol. The van der Waals surface area contributed by atoms with Crippen LogP contribution in [-0.4, -0.2) is 22.5 Å². The van der Waals surface area contributed by atoms with E-state index in [0.717, 1.165) is 16.2 Å². The Hall–Kier alpha value is -2.66. The summed E-state index contributed by atoms with van der Waals surface area (Å²) in [5, 5.41) is 4.44. The first-order chi connectivity index (χ1) is 10.8. The number of hydrogen-bond acceptors (Lipinski definition) is 4. The van der Waals surface area contributed by atoms with E-state index in [9.17, 15) is 4.79 Å². The number of nitrogens with zero attached hydrogens (tertiary/aromatic N) is 2. The van der Waals surface area contributed by atoms with Gasteiger partial charge in [-0.3, -0.25) is 4.40 Å². The molecule has 0 spiro atoms. The number of hydrogen-bond donors (Lipinski definition) is 0. The fraction of sp³-hybridized carbons (Fsp3) is 0.0588. The fourth-order valence-electron chi connectivity index (χ4n) is 2.54. The van der Waals surface area contributed by atoms with Gasteiger partial charge in [0.2, 0.25) is 0 Å². The van der Waals surface area contributed by atoms with Crippen LogP contribution in [0.15, 0.2) is 54.0 Å². The van der Waals surface area contributed by atoms with Gasteiger partial charge in [0.05, 0.1) is 12.8 Å². The van der Waals surface area contributed by atoms with Crippen molar-refractivity contribution in [2.45, 2.75) is 0 Å². The van der Waals surface area contributed by atoms with Gasteiger partial charge >= 0.3 is 5.97 Å². The number of thiazole rings is 1. The first kappa shape index (κ1) is 13.0. The van der Waals surface area contributed by atoms with Crippen molar-refractivity contribution < 1.29 is 9.53 Å². The van der Waals surface area contributed by atoms with E-state index in [-0.39, 0.29) is 0 Å². The molecule has 2 aromatic carbocycles. The van der Waals surface area contributed by atoms with Crippen molar-refractivity contribution in [3.8, 4) is 11.3 Å². The van der Waals surface area contributed by atoms with Gasteiger partial charge in [0.25, 0.3) is 0 Å². The summed E-state index contributed by atoms with van der Waals surface area (Å²) in [6.07, 6.45) is 1.72. The number of benzene rings is 2. The van der Waals surface area contributed by atoms with Crippen LogP contribution < -0.4 is 0 Å². The van der Waals surface area contributed by atoms with Crippen LogP contribution in [-0.2, 0) is 4.74 Å². The summed E-state index contributed by atoms with van der Waals surface area (Å²) in [4.78, 5) is 16.7. The molecule has 0 bridgehead atoms. The van der Waals surface area contributed by atoms with E-state index in [2.05, 4.69) is 35.3 Å². The van der Waals surface area contributed by atoms with Crippen LogP contribution in [0.2, 0.25) is 0 Å². The van der Waals surface area contributed by atoms with Gasteiger partial charge in [-0.05, 0) is 16.8 Å². The van der Waals surface area contributed by atoms with E-state index in [1.54, 1.807) is 6.20 Å². The van der Waals surface area contributed by atoms with E-state index >= 15 is 0 Å². The fourth-order valence-corrected chi connectivity index (χ4v) is 3.43. The van der Waals surface area contributed by atoms with Gasteiger partial charge in [-0.25, -0.2) is 9.78 Å². The summed E-state index contributed by atoms with van der Waals surface area (Å²) >= 11 is 1.51. The number of aromatic nitrogens is 2. The molecule has 0 saturated carbocycles. The molecule has 0 unspecified atom stereocenters. The highest BCUT2D eigenvalue weighted by atomic mass is 32.1. The van der Waals surface area contributed by atoms with Crippen LogP contribution in [0.25, 0.3) is 27.0 Å². The van der Waals surface area contributed by atoms with Crippen molar-refractivity contribution in [3.05, 3.63) is 59.7 Å². The van der Waals surface area contributed by atoms with Crippen LogP contribution >= 0.6 is 11.3 Å². The first-order valence-electron chi connectivity index (χ1n) is 6.80. The normalized spacial score (nSPS) is 11.1. The predicted octanol–water partition coefficient (Wildman–Crippen LogP) is 4.00. The van der Waals surface area contributed by atoms with Crippen LogP contribution in [0.5, 0.6) is 0 Å². The van der Waals surface area contributed by atoms with E-state index < -0.39 is 5.97 Å². The quantitative estimate of drug-likeness (QED) is 0.526. The number of fused-ring (bicyclic) bond motifs is 2.